The highest BCUT2D eigenvalue weighted by atomic mass is 15.3. The van der Waals surface area contributed by atoms with E-state index in [9.17, 15) is 0 Å². The van der Waals surface area contributed by atoms with Crippen molar-refractivity contribution in [2.75, 3.05) is 13.1 Å². The van der Waals surface area contributed by atoms with Gasteiger partial charge in [0.15, 0.2) is 0 Å². The molecule has 1 aliphatic heterocycles. The van der Waals surface area contributed by atoms with Crippen LogP contribution in [-0.2, 0) is 25.9 Å². The van der Waals surface area contributed by atoms with E-state index < -0.39 is 0 Å². The Hall–Kier alpha value is -2.39. The molecule has 1 saturated heterocycles. The summed E-state index contributed by atoms with van der Waals surface area (Å²) in [7, 11) is 0. The zero-order valence-corrected chi connectivity index (χ0v) is 17.6. The van der Waals surface area contributed by atoms with Crippen molar-refractivity contribution in [3.63, 3.8) is 0 Å². The van der Waals surface area contributed by atoms with Gasteiger partial charge in [-0.05, 0) is 61.9 Å². The number of piperidine rings is 1. The maximum absolute atomic E-state index is 5.04. The number of hydrogen-bond donors (Lipinski definition) is 0. The first kappa shape index (κ1) is 19.9. The Labute approximate surface area is 175 Å². The molecule has 1 aliphatic rings. The van der Waals surface area contributed by atoms with Crippen molar-refractivity contribution in [3.8, 4) is 0 Å². The summed E-state index contributed by atoms with van der Waals surface area (Å²) in [6.45, 7) is 6.65. The Balaban J connectivity index is 1.40. The van der Waals surface area contributed by atoms with Crippen molar-refractivity contribution in [2.24, 2.45) is 0 Å². The van der Waals surface area contributed by atoms with Crippen molar-refractivity contribution < 1.29 is 0 Å². The van der Waals surface area contributed by atoms with E-state index in [0.29, 0.717) is 5.92 Å². The highest BCUT2D eigenvalue weighted by Gasteiger charge is 2.25. The number of nitrogens with zero attached hydrogens (tertiary/aromatic N) is 3. The summed E-state index contributed by atoms with van der Waals surface area (Å²) < 4.78 is 2.19. The molecule has 3 nitrogen and oxygen atoms in total. The minimum absolute atomic E-state index is 0.603. The Bertz CT molecular complexity index is 861. The smallest absolute Gasteiger partial charge is 0.0688 e. The summed E-state index contributed by atoms with van der Waals surface area (Å²) in [5.74, 6) is 0.603. The van der Waals surface area contributed by atoms with Gasteiger partial charge in [-0.2, -0.15) is 5.10 Å². The van der Waals surface area contributed by atoms with E-state index in [1.54, 1.807) is 0 Å². The molecule has 0 N–H and O–H groups in total. The summed E-state index contributed by atoms with van der Waals surface area (Å²) in [4.78, 5) is 2.60. The summed E-state index contributed by atoms with van der Waals surface area (Å²) in [6.07, 6.45) is 8.07. The minimum atomic E-state index is 0.603. The zero-order valence-electron chi connectivity index (χ0n) is 17.6. The first-order valence-electron chi connectivity index (χ1n) is 11.2. The van der Waals surface area contributed by atoms with E-state index in [2.05, 4.69) is 83.4 Å². The highest BCUT2D eigenvalue weighted by molar-refractivity contribution is 5.25. The Morgan fingerprint density at radius 2 is 1.52 bits per heavy atom. The number of benzene rings is 2. The van der Waals surface area contributed by atoms with Gasteiger partial charge >= 0.3 is 0 Å². The quantitative estimate of drug-likeness (QED) is 0.512. The molecule has 1 aromatic heterocycles. The van der Waals surface area contributed by atoms with Gasteiger partial charge in [0, 0.05) is 25.2 Å². The molecule has 0 atom stereocenters. The molecule has 4 rings (SSSR count). The average molecular weight is 388 g/mol. The molecule has 0 aliphatic carbocycles. The Kier molecular flexibility index (Phi) is 6.79. The molecule has 0 bridgehead atoms. The van der Waals surface area contributed by atoms with Crippen LogP contribution in [0.1, 0.15) is 54.5 Å². The lowest BCUT2D eigenvalue weighted by molar-refractivity contribution is 0.202. The number of aryl methyl sites for hydroxylation is 3. The zero-order chi connectivity index (χ0) is 19.9. The van der Waals surface area contributed by atoms with Crippen LogP contribution in [0, 0.1) is 0 Å². The fourth-order valence-electron chi connectivity index (χ4n) is 4.49. The van der Waals surface area contributed by atoms with E-state index >= 15 is 0 Å². The molecule has 2 heterocycles. The van der Waals surface area contributed by atoms with E-state index in [4.69, 9.17) is 5.10 Å². The van der Waals surface area contributed by atoms with Crippen molar-refractivity contribution in [3.05, 3.63) is 89.2 Å². The third-order valence-electron chi connectivity index (χ3n) is 6.07. The maximum atomic E-state index is 5.04. The van der Waals surface area contributed by atoms with Crippen LogP contribution in [0.2, 0.25) is 0 Å². The van der Waals surface area contributed by atoms with Crippen LogP contribution in [0.15, 0.2) is 66.9 Å². The Morgan fingerprint density at radius 1 is 0.862 bits per heavy atom. The average Bonchev–Trinajstić information content (AvgIpc) is 3.17. The molecule has 0 amide bonds. The van der Waals surface area contributed by atoms with Gasteiger partial charge in [-0.3, -0.25) is 9.58 Å². The van der Waals surface area contributed by atoms with E-state index in [-0.39, 0.29) is 0 Å². The van der Waals surface area contributed by atoms with Gasteiger partial charge in [-0.25, -0.2) is 0 Å². The number of rotatable bonds is 8. The monoisotopic (exact) mass is 387 g/mol. The van der Waals surface area contributed by atoms with Crippen LogP contribution in [0.25, 0.3) is 0 Å². The lowest BCUT2D eigenvalue weighted by Gasteiger charge is -2.31. The maximum Gasteiger partial charge on any atom is 0.0688 e. The molecule has 3 aromatic rings. The van der Waals surface area contributed by atoms with Crippen LogP contribution in [0.3, 0.4) is 0 Å². The summed E-state index contributed by atoms with van der Waals surface area (Å²) in [6, 6.07) is 21.7. The van der Waals surface area contributed by atoms with E-state index in [1.165, 1.54) is 48.3 Å². The van der Waals surface area contributed by atoms with Gasteiger partial charge in [-0.15, -0.1) is 0 Å². The molecule has 0 saturated carbocycles. The van der Waals surface area contributed by atoms with Gasteiger partial charge in [0.05, 0.1) is 5.69 Å². The molecule has 3 heteroatoms. The first-order valence-corrected chi connectivity index (χ1v) is 11.2. The second kappa shape index (κ2) is 9.89. The van der Waals surface area contributed by atoms with Gasteiger partial charge in [0.1, 0.15) is 0 Å². The number of hydrogen-bond acceptors (Lipinski definition) is 2. The van der Waals surface area contributed by atoms with Crippen molar-refractivity contribution in [1.29, 1.82) is 0 Å². The predicted molar refractivity (Wildman–Crippen MR) is 120 cm³/mol. The van der Waals surface area contributed by atoms with Gasteiger partial charge in [-0.1, -0.05) is 67.6 Å². The molecule has 152 valence electrons. The molecule has 0 radical (unpaired) electrons. The van der Waals surface area contributed by atoms with E-state index in [1.807, 2.05) is 0 Å². The van der Waals surface area contributed by atoms with Crippen molar-refractivity contribution in [1.82, 2.24) is 14.7 Å². The Morgan fingerprint density at radius 3 is 2.17 bits per heavy atom. The lowest BCUT2D eigenvalue weighted by atomic mass is 9.89. The summed E-state index contributed by atoms with van der Waals surface area (Å²) in [5, 5.41) is 5.04. The molecular weight excluding hydrogens is 354 g/mol. The van der Waals surface area contributed by atoms with Crippen LogP contribution in [-0.4, -0.2) is 27.8 Å². The molecule has 1 fully saturated rings. The largest absolute Gasteiger partial charge is 0.299 e. The molecule has 0 unspecified atom stereocenters. The highest BCUT2D eigenvalue weighted by Crippen LogP contribution is 2.30. The van der Waals surface area contributed by atoms with E-state index in [0.717, 1.165) is 32.4 Å². The van der Waals surface area contributed by atoms with Crippen molar-refractivity contribution >= 4 is 0 Å². The first-order chi connectivity index (χ1) is 14.3. The summed E-state index contributed by atoms with van der Waals surface area (Å²) >= 11 is 0. The molecular formula is C26H33N3. The van der Waals surface area contributed by atoms with Gasteiger partial charge in [0.25, 0.3) is 0 Å². The molecule has 2 aromatic carbocycles. The predicted octanol–water partition coefficient (Wildman–Crippen LogP) is 5.46. The topological polar surface area (TPSA) is 21.1 Å². The molecule has 0 spiro atoms. The standard InChI is InChI=1S/C26H33N3/c1-2-17-29-21-25(14-13-22-9-5-3-6-10-22)26(27-29)24-15-18-28(19-16-24)20-23-11-7-4-8-12-23/h3-12,21,24H,2,13-20H2,1H3. The second-order valence-electron chi connectivity index (χ2n) is 8.32. The number of aromatic nitrogens is 2. The van der Waals surface area contributed by atoms with Crippen LogP contribution >= 0.6 is 0 Å². The molecule has 29 heavy (non-hydrogen) atoms. The fraction of sp³-hybridized carbons (Fsp3) is 0.423. The van der Waals surface area contributed by atoms with Crippen LogP contribution < -0.4 is 0 Å². The van der Waals surface area contributed by atoms with Crippen LogP contribution in [0.5, 0.6) is 0 Å². The summed E-state index contributed by atoms with van der Waals surface area (Å²) in [5.41, 5.74) is 5.67. The van der Waals surface area contributed by atoms with Crippen LogP contribution in [0.4, 0.5) is 0 Å². The number of likely N-dealkylation sites (tertiary alicyclic amines) is 1. The lowest BCUT2D eigenvalue weighted by Crippen LogP contribution is -2.32. The third-order valence-corrected chi connectivity index (χ3v) is 6.07. The van der Waals surface area contributed by atoms with Gasteiger partial charge < -0.3 is 0 Å². The third kappa shape index (κ3) is 5.36. The minimum Gasteiger partial charge on any atom is -0.299 e. The second-order valence-corrected chi connectivity index (χ2v) is 8.32. The van der Waals surface area contributed by atoms with Crippen molar-refractivity contribution in [2.45, 2.75) is 58.0 Å². The van der Waals surface area contributed by atoms with Gasteiger partial charge in [0.2, 0.25) is 0 Å². The normalized spacial score (nSPS) is 15.6. The fourth-order valence-corrected chi connectivity index (χ4v) is 4.49. The SMILES string of the molecule is CCCn1cc(CCc2ccccc2)c(C2CCN(Cc3ccccc3)CC2)n1.